The average molecular weight is 509 g/mol. The smallest absolute Gasteiger partial charge is 0.306 e. The van der Waals surface area contributed by atoms with Crippen molar-refractivity contribution in [3.63, 3.8) is 0 Å². The quantitative estimate of drug-likeness (QED) is 0.205. The van der Waals surface area contributed by atoms with Gasteiger partial charge in [-0.05, 0) is 64.8 Å². The van der Waals surface area contributed by atoms with Crippen LogP contribution >= 0.6 is 0 Å². The molecule has 10 heteroatoms. The van der Waals surface area contributed by atoms with Gasteiger partial charge >= 0.3 is 5.97 Å². The summed E-state index contributed by atoms with van der Waals surface area (Å²) in [5.41, 5.74) is 6.19. The summed E-state index contributed by atoms with van der Waals surface area (Å²) in [5.74, 6) is -0.777. The Labute approximate surface area is 213 Å². The topological polar surface area (TPSA) is 127 Å². The van der Waals surface area contributed by atoms with Crippen LogP contribution in [0, 0.1) is 0 Å². The van der Waals surface area contributed by atoms with Gasteiger partial charge in [0.25, 0.3) is 5.91 Å². The number of esters is 1. The lowest BCUT2D eigenvalue weighted by Crippen LogP contribution is -2.45. The molecule has 0 aliphatic carbocycles. The van der Waals surface area contributed by atoms with Gasteiger partial charge in [0, 0.05) is 38.2 Å². The molecular formula is C26H40N2O8. The summed E-state index contributed by atoms with van der Waals surface area (Å²) in [6, 6.07) is 4.29. The summed E-state index contributed by atoms with van der Waals surface area (Å²) in [7, 11) is 0. The van der Waals surface area contributed by atoms with Gasteiger partial charge in [-0.1, -0.05) is 0 Å². The normalized spacial score (nSPS) is 14.2. The minimum atomic E-state index is -0.906. The minimum absolute atomic E-state index is 0.0165. The highest BCUT2D eigenvalue weighted by molar-refractivity contribution is 6.01. The first-order valence-electron chi connectivity index (χ1n) is 12.4. The van der Waals surface area contributed by atoms with E-state index in [-0.39, 0.29) is 31.6 Å². The number of ether oxygens (including phenoxy) is 5. The summed E-state index contributed by atoms with van der Waals surface area (Å²) in [6.45, 7) is 11.7. The summed E-state index contributed by atoms with van der Waals surface area (Å²) in [6.07, 6.45) is 0.381. The molecule has 1 aromatic rings. The molecule has 10 nitrogen and oxygen atoms in total. The first-order chi connectivity index (χ1) is 17.1. The predicted octanol–water partition coefficient (Wildman–Crippen LogP) is 2.80. The van der Waals surface area contributed by atoms with Gasteiger partial charge < -0.3 is 34.3 Å². The largest absolute Gasteiger partial charge is 0.493 e. The maximum absolute atomic E-state index is 12.9. The number of fused-ring (bicyclic) bond motifs is 1. The molecule has 0 saturated heterocycles. The van der Waals surface area contributed by atoms with Crippen LogP contribution in [0.2, 0.25) is 0 Å². The summed E-state index contributed by atoms with van der Waals surface area (Å²) < 4.78 is 27.6. The number of rotatable bonds is 16. The number of amides is 2. The highest BCUT2D eigenvalue weighted by Gasteiger charge is 2.36. The van der Waals surface area contributed by atoms with Crippen molar-refractivity contribution in [1.29, 1.82) is 0 Å². The molecule has 1 atom stereocenters. The van der Waals surface area contributed by atoms with E-state index in [1.807, 2.05) is 13.8 Å². The third-order valence-electron chi connectivity index (χ3n) is 5.32. The van der Waals surface area contributed by atoms with Crippen LogP contribution in [0.4, 0.5) is 0 Å². The maximum atomic E-state index is 12.9. The Morgan fingerprint density at radius 2 is 1.81 bits per heavy atom. The van der Waals surface area contributed by atoms with Crippen LogP contribution in [0.1, 0.15) is 69.8 Å². The first kappa shape index (κ1) is 29.5. The first-order valence-corrected chi connectivity index (χ1v) is 12.4. The van der Waals surface area contributed by atoms with E-state index in [0.717, 1.165) is 5.56 Å². The number of carbonyl (C=O) groups excluding carboxylic acids is 3. The Morgan fingerprint density at radius 1 is 1.11 bits per heavy atom. The lowest BCUT2D eigenvalue weighted by atomic mass is 10.1. The van der Waals surface area contributed by atoms with E-state index in [1.165, 1.54) is 4.90 Å². The van der Waals surface area contributed by atoms with Gasteiger partial charge in [0.2, 0.25) is 5.91 Å². The molecule has 1 unspecified atom stereocenters. The van der Waals surface area contributed by atoms with Crippen LogP contribution in [0.25, 0.3) is 0 Å². The van der Waals surface area contributed by atoms with Crippen molar-refractivity contribution in [3.8, 4) is 5.75 Å². The zero-order valence-corrected chi connectivity index (χ0v) is 22.0. The maximum Gasteiger partial charge on any atom is 0.306 e. The molecule has 0 fully saturated rings. The molecule has 2 amide bonds. The Balaban J connectivity index is 1.85. The average Bonchev–Trinajstić information content (AvgIpc) is 3.10. The number of carbonyl (C=O) groups is 3. The molecule has 1 aliphatic rings. The molecular weight excluding hydrogens is 468 g/mol. The second-order valence-corrected chi connectivity index (χ2v) is 9.41. The molecule has 2 rings (SSSR count). The van der Waals surface area contributed by atoms with E-state index in [4.69, 9.17) is 29.4 Å². The second kappa shape index (κ2) is 14.2. The van der Waals surface area contributed by atoms with Crippen molar-refractivity contribution in [3.05, 3.63) is 29.3 Å². The fourth-order valence-electron chi connectivity index (χ4n) is 3.81. The van der Waals surface area contributed by atoms with Crippen molar-refractivity contribution in [2.75, 3.05) is 33.0 Å². The van der Waals surface area contributed by atoms with Gasteiger partial charge in [-0.2, -0.15) is 0 Å². The van der Waals surface area contributed by atoms with E-state index in [2.05, 4.69) is 0 Å². The van der Waals surface area contributed by atoms with Crippen molar-refractivity contribution >= 4 is 17.8 Å². The molecule has 1 aliphatic heterocycles. The van der Waals surface area contributed by atoms with E-state index >= 15 is 0 Å². The van der Waals surface area contributed by atoms with E-state index in [9.17, 15) is 14.4 Å². The van der Waals surface area contributed by atoms with Crippen LogP contribution in [0.5, 0.6) is 5.75 Å². The van der Waals surface area contributed by atoms with Gasteiger partial charge in [-0.15, -0.1) is 0 Å². The summed E-state index contributed by atoms with van der Waals surface area (Å²) in [5, 5.41) is 0. The van der Waals surface area contributed by atoms with Gasteiger partial charge in [0.1, 0.15) is 17.4 Å². The van der Waals surface area contributed by atoms with Crippen LogP contribution in [-0.2, 0) is 35.1 Å². The van der Waals surface area contributed by atoms with Crippen LogP contribution in [-0.4, -0.2) is 73.7 Å². The van der Waals surface area contributed by atoms with Crippen molar-refractivity contribution in [2.45, 2.75) is 78.4 Å². The minimum Gasteiger partial charge on any atom is -0.493 e. The van der Waals surface area contributed by atoms with Gasteiger partial charge in [0.05, 0.1) is 19.8 Å². The molecule has 0 spiro atoms. The zero-order valence-electron chi connectivity index (χ0n) is 22.0. The Bertz CT molecular complexity index is 877. The van der Waals surface area contributed by atoms with Gasteiger partial charge in [-0.3, -0.25) is 14.4 Å². The fraction of sp³-hybridized carbons (Fsp3) is 0.654. The van der Waals surface area contributed by atoms with E-state index in [1.54, 1.807) is 39.0 Å². The number of hydrogen-bond donors (Lipinski definition) is 1. The number of hydrogen-bond acceptors (Lipinski definition) is 8. The molecule has 202 valence electrons. The summed E-state index contributed by atoms with van der Waals surface area (Å²) in [4.78, 5) is 38.5. The van der Waals surface area contributed by atoms with Gasteiger partial charge in [0.15, 0.2) is 6.29 Å². The number of benzene rings is 1. The van der Waals surface area contributed by atoms with Crippen molar-refractivity contribution < 1.29 is 38.1 Å². The Kier molecular flexibility index (Phi) is 11.6. The molecule has 36 heavy (non-hydrogen) atoms. The standard InChI is InChI=1S/C26H40N2O8/c1-6-33-23(34-7-2)17-32-13-8-14-35-19-9-10-20-18(15-19)16-28(25(20)31)21(24(27)30)11-12-22(29)36-26(3,4)5/h9-10,15,21,23H,6-8,11-14,16-17H2,1-5H3,(H2,27,30). The fourth-order valence-corrected chi connectivity index (χ4v) is 3.81. The zero-order chi connectivity index (χ0) is 26.7. The SMILES string of the molecule is CCOC(COCCCOc1ccc2c(c1)CN(C(CCC(=O)OC(C)(C)C)C(N)=O)C2=O)OCC. The third-order valence-corrected chi connectivity index (χ3v) is 5.32. The molecule has 2 N–H and O–H groups in total. The lowest BCUT2D eigenvalue weighted by molar-refractivity contribution is -0.167. The van der Waals surface area contributed by atoms with Crippen molar-refractivity contribution in [2.24, 2.45) is 5.73 Å². The van der Waals surface area contributed by atoms with Gasteiger partial charge in [-0.25, -0.2) is 0 Å². The van der Waals surface area contributed by atoms with E-state index < -0.39 is 23.5 Å². The number of nitrogens with zero attached hydrogens (tertiary/aromatic N) is 1. The van der Waals surface area contributed by atoms with Crippen molar-refractivity contribution in [1.82, 2.24) is 4.90 Å². The molecule has 0 saturated carbocycles. The highest BCUT2D eigenvalue weighted by atomic mass is 16.7. The van der Waals surface area contributed by atoms with Crippen LogP contribution < -0.4 is 10.5 Å². The highest BCUT2D eigenvalue weighted by Crippen LogP contribution is 2.29. The van der Waals surface area contributed by atoms with Crippen LogP contribution in [0.3, 0.4) is 0 Å². The molecule has 0 aromatic heterocycles. The molecule has 1 heterocycles. The Hall–Kier alpha value is -2.69. The molecule has 0 bridgehead atoms. The molecule has 0 radical (unpaired) electrons. The van der Waals surface area contributed by atoms with Crippen LogP contribution in [0.15, 0.2) is 18.2 Å². The third kappa shape index (κ3) is 9.40. The monoisotopic (exact) mass is 508 g/mol. The number of primary amides is 1. The lowest BCUT2D eigenvalue weighted by Gasteiger charge is -2.25. The van der Waals surface area contributed by atoms with E-state index in [0.29, 0.717) is 50.8 Å². The second-order valence-electron chi connectivity index (χ2n) is 9.41. The molecule has 1 aromatic carbocycles. The summed E-state index contributed by atoms with van der Waals surface area (Å²) >= 11 is 0. The predicted molar refractivity (Wildman–Crippen MR) is 132 cm³/mol. The Morgan fingerprint density at radius 3 is 2.42 bits per heavy atom. The number of nitrogens with two attached hydrogens (primary N) is 1.